The Morgan fingerprint density at radius 3 is 2.54 bits per heavy atom. The van der Waals surface area contributed by atoms with Gasteiger partial charge < -0.3 is 9.84 Å². The summed E-state index contributed by atoms with van der Waals surface area (Å²) in [4.78, 5) is 2.41. The van der Waals surface area contributed by atoms with Crippen LogP contribution in [0.5, 0.6) is 5.75 Å². The molecule has 1 aromatic heterocycles. The molecule has 1 aromatic carbocycles. The van der Waals surface area contributed by atoms with Crippen molar-refractivity contribution in [3.63, 3.8) is 0 Å². The number of rotatable bonds is 8. The van der Waals surface area contributed by atoms with E-state index in [9.17, 15) is 5.11 Å². The largest absolute Gasteiger partial charge is 0.497 e. The summed E-state index contributed by atoms with van der Waals surface area (Å²) < 4.78 is 7.04. The van der Waals surface area contributed by atoms with Crippen molar-refractivity contribution in [2.24, 2.45) is 5.92 Å². The van der Waals surface area contributed by atoms with Gasteiger partial charge in [0, 0.05) is 12.6 Å². The summed E-state index contributed by atoms with van der Waals surface area (Å²) in [5.74, 6) is 2.27. The monoisotopic (exact) mass is 359 g/mol. The first-order valence-electron chi connectivity index (χ1n) is 9.51. The SMILES string of the molecule is CCC(CC)CN1[C@H](CO)CC[C@H]1c1nnnn1-c1ccc(OC)cc1. The molecule has 1 aliphatic heterocycles. The van der Waals surface area contributed by atoms with E-state index in [-0.39, 0.29) is 18.7 Å². The molecule has 0 bridgehead atoms. The lowest BCUT2D eigenvalue weighted by Gasteiger charge is -2.31. The molecule has 2 heterocycles. The smallest absolute Gasteiger partial charge is 0.173 e. The summed E-state index contributed by atoms with van der Waals surface area (Å²) in [5, 5.41) is 22.3. The number of aliphatic hydroxyl groups excluding tert-OH is 1. The van der Waals surface area contributed by atoms with Crippen molar-refractivity contribution in [2.45, 2.75) is 51.6 Å². The minimum atomic E-state index is 0.129. The Labute approximate surface area is 155 Å². The molecular weight excluding hydrogens is 330 g/mol. The van der Waals surface area contributed by atoms with Gasteiger partial charge in [-0.1, -0.05) is 26.7 Å². The predicted molar refractivity (Wildman–Crippen MR) is 99.3 cm³/mol. The first-order valence-corrected chi connectivity index (χ1v) is 9.51. The number of aromatic nitrogens is 4. The van der Waals surface area contributed by atoms with Gasteiger partial charge in [-0.25, -0.2) is 0 Å². The van der Waals surface area contributed by atoms with Crippen molar-refractivity contribution in [3.05, 3.63) is 30.1 Å². The van der Waals surface area contributed by atoms with Crippen LogP contribution in [0.25, 0.3) is 5.69 Å². The molecule has 142 valence electrons. The molecule has 0 saturated carbocycles. The molecule has 0 radical (unpaired) electrons. The summed E-state index contributed by atoms with van der Waals surface area (Å²) in [7, 11) is 1.65. The second-order valence-corrected chi connectivity index (χ2v) is 6.96. The lowest BCUT2D eigenvalue weighted by atomic mass is 10.0. The molecule has 1 fully saturated rings. The second-order valence-electron chi connectivity index (χ2n) is 6.96. The summed E-state index contributed by atoms with van der Waals surface area (Å²) in [5.41, 5.74) is 0.917. The average molecular weight is 359 g/mol. The molecule has 1 N–H and O–H groups in total. The predicted octanol–water partition coefficient (Wildman–Crippen LogP) is 2.60. The maximum Gasteiger partial charge on any atom is 0.173 e. The van der Waals surface area contributed by atoms with E-state index in [4.69, 9.17) is 4.74 Å². The highest BCUT2D eigenvalue weighted by Gasteiger charge is 2.38. The van der Waals surface area contributed by atoms with Crippen LogP contribution in [-0.4, -0.2) is 56.5 Å². The minimum absolute atomic E-state index is 0.129. The van der Waals surface area contributed by atoms with Crippen molar-refractivity contribution in [3.8, 4) is 11.4 Å². The van der Waals surface area contributed by atoms with Crippen molar-refractivity contribution >= 4 is 0 Å². The summed E-state index contributed by atoms with van der Waals surface area (Å²) in [6.07, 6.45) is 4.21. The molecule has 2 aromatic rings. The minimum Gasteiger partial charge on any atom is -0.497 e. The van der Waals surface area contributed by atoms with Crippen LogP contribution >= 0.6 is 0 Å². The molecule has 3 rings (SSSR count). The number of nitrogens with zero attached hydrogens (tertiary/aromatic N) is 5. The van der Waals surface area contributed by atoms with Crippen molar-refractivity contribution in [1.82, 2.24) is 25.1 Å². The molecular formula is C19H29N5O2. The van der Waals surface area contributed by atoms with Gasteiger partial charge >= 0.3 is 0 Å². The van der Waals surface area contributed by atoms with Crippen LogP contribution in [-0.2, 0) is 0 Å². The van der Waals surface area contributed by atoms with Crippen molar-refractivity contribution in [2.75, 3.05) is 20.3 Å². The van der Waals surface area contributed by atoms with Crippen LogP contribution in [0.1, 0.15) is 51.4 Å². The number of likely N-dealkylation sites (tertiary alicyclic amines) is 1. The standard InChI is InChI=1S/C19H29N5O2/c1-4-14(5-2)12-23-16(13-25)8-11-18(23)19-20-21-22-24(19)15-6-9-17(26-3)10-7-15/h6-7,9-10,14,16,18,25H,4-5,8,11-13H2,1-3H3/t16-,18-/m0/s1. The molecule has 7 nitrogen and oxygen atoms in total. The third-order valence-electron chi connectivity index (χ3n) is 5.59. The lowest BCUT2D eigenvalue weighted by molar-refractivity contribution is 0.105. The molecule has 0 aliphatic carbocycles. The van der Waals surface area contributed by atoms with E-state index in [2.05, 4.69) is 34.3 Å². The molecule has 0 unspecified atom stereocenters. The van der Waals surface area contributed by atoms with Gasteiger partial charge in [0.2, 0.25) is 0 Å². The van der Waals surface area contributed by atoms with Crippen molar-refractivity contribution < 1.29 is 9.84 Å². The molecule has 0 amide bonds. The van der Waals surface area contributed by atoms with Gasteiger partial charge in [0.05, 0.1) is 25.4 Å². The van der Waals surface area contributed by atoms with E-state index in [0.29, 0.717) is 5.92 Å². The fourth-order valence-corrected chi connectivity index (χ4v) is 3.84. The van der Waals surface area contributed by atoms with Crippen LogP contribution in [0.2, 0.25) is 0 Å². The molecule has 0 spiro atoms. The second kappa shape index (κ2) is 8.60. The summed E-state index contributed by atoms with van der Waals surface area (Å²) in [6, 6.07) is 8.05. The quantitative estimate of drug-likeness (QED) is 0.781. The Morgan fingerprint density at radius 1 is 1.19 bits per heavy atom. The number of benzene rings is 1. The number of tetrazole rings is 1. The summed E-state index contributed by atoms with van der Waals surface area (Å²) in [6.45, 7) is 5.61. The average Bonchev–Trinajstić information content (AvgIpc) is 3.32. The Hall–Kier alpha value is -1.99. The van der Waals surface area contributed by atoms with Gasteiger partial charge in [-0.15, -0.1) is 5.10 Å². The fraction of sp³-hybridized carbons (Fsp3) is 0.632. The van der Waals surface area contributed by atoms with Gasteiger partial charge in [-0.05, 0) is 53.5 Å². The Morgan fingerprint density at radius 2 is 1.92 bits per heavy atom. The Bertz CT molecular complexity index is 683. The molecule has 1 aliphatic rings. The Balaban J connectivity index is 1.88. The van der Waals surface area contributed by atoms with E-state index in [1.807, 2.05) is 28.9 Å². The van der Waals surface area contributed by atoms with Gasteiger partial charge in [0.1, 0.15) is 5.75 Å². The first-order chi connectivity index (χ1) is 12.7. The highest BCUT2D eigenvalue weighted by molar-refractivity contribution is 5.37. The fourth-order valence-electron chi connectivity index (χ4n) is 3.84. The third kappa shape index (κ3) is 3.73. The molecule has 26 heavy (non-hydrogen) atoms. The highest BCUT2D eigenvalue weighted by atomic mass is 16.5. The van der Waals surface area contributed by atoms with Gasteiger partial charge in [0.25, 0.3) is 0 Å². The number of hydrogen-bond acceptors (Lipinski definition) is 6. The van der Waals surface area contributed by atoms with Crippen molar-refractivity contribution in [1.29, 1.82) is 0 Å². The van der Waals surface area contributed by atoms with E-state index in [1.54, 1.807) is 7.11 Å². The number of hydrogen-bond donors (Lipinski definition) is 1. The lowest BCUT2D eigenvalue weighted by Crippen LogP contribution is -2.38. The van der Waals surface area contributed by atoms with Crippen LogP contribution in [0, 0.1) is 5.92 Å². The third-order valence-corrected chi connectivity index (χ3v) is 5.59. The number of methoxy groups -OCH3 is 1. The molecule has 2 atom stereocenters. The molecule has 1 saturated heterocycles. The normalized spacial score (nSPS) is 20.8. The zero-order chi connectivity index (χ0) is 18.5. The van der Waals surface area contributed by atoms with Gasteiger partial charge in [-0.3, -0.25) is 4.90 Å². The molecule has 7 heteroatoms. The maximum atomic E-state index is 9.84. The topological polar surface area (TPSA) is 76.3 Å². The number of aliphatic hydroxyl groups is 1. The zero-order valence-electron chi connectivity index (χ0n) is 15.9. The highest BCUT2D eigenvalue weighted by Crippen LogP contribution is 2.36. The maximum absolute atomic E-state index is 9.84. The van der Waals surface area contributed by atoms with Gasteiger partial charge in [-0.2, -0.15) is 4.68 Å². The zero-order valence-corrected chi connectivity index (χ0v) is 15.9. The van der Waals surface area contributed by atoms with E-state index >= 15 is 0 Å². The van der Waals surface area contributed by atoms with E-state index in [0.717, 1.165) is 49.5 Å². The van der Waals surface area contributed by atoms with Gasteiger partial charge in [0.15, 0.2) is 5.82 Å². The summed E-state index contributed by atoms with van der Waals surface area (Å²) >= 11 is 0. The number of ether oxygens (including phenoxy) is 1. The first kappa shape index (κ1) is 18.8. The van der Waals surface area contributed by atoms with Crippen LogP contribution in [0.15, 0.2) is 24.3 Å². The van der Waals surface area contributed by atoms with E-state index in [1.165, 1.54) is 0 Å². The van der Waals surface area contributed by atoms with E-state index < -0.39 is 0 Å². The van der Waals surface area contributed by atoms with Crippen LogP contribution < -0.4 is 4.74 Å². The van der Waals surface area contributed by atoms with Crippen LogP contribution in [0.3, 0.4) is 0 Å². The Kier molecular flexibility index (Phi) is 6.21. The van der Waals surface area contributed by atoms with Crippen LogP contribution in [0.4, 0.5) is 0 Å².